The van der Waals surface area contributed by atoms with Crippen molar-refractivity contribution in [1.82, 2.24) is 19.9 Å². The number of hydrogen-bond donors (Lipinski definition) is 1. The Morgan fingerprint density at radius 3 is 2.69 bits per heavy atom. The SMILES string of the molecule is Cc1noc(C)c1COc1ccc(C(=O)NCc2cn3cc(F)ccc3n2)cc1. The highest BCUT2D eigenvalue weighted by atomic mass is 19.1. The zero-order valence-corrected chi connectivity index (χ0v) is 16.0. The molecule has 8 heteroatoms. The normalized spacial score (nSPS) is 11.0. The molecular weight excluding hydrogens is 375 g/mol. The first kappa shape index (κ1) is 18.7. The van der Waals surface area contributed by atoms with Gasteiger partial charge in [-0.25, -0.2) is 9.37 Å². The summed E-state index contributed by atoms with van der Waals surface area (Å²) < 4.78 is 25.7. The molecule has 1 N–H and O–H groups in total. The summed E-state index contributed by atoms with van der Waals surface area (Å²) >= 11 is 0. The molecule has 0 unspecified atom stereocenters. The van der Waals surface area contributed by atoms with Crippen molar-refractivity contribution in [2.24, 2.45) is 0 Å². The number of benzene rings is 1. The molecule has 0 atom stereocenters. The standard InChI is InChI=1S/C21H19FN4O3/c1-13-19(14(2)29-25-13)12-28-18-6-3-15(4-7-18)21(27)23-9-17-11-26-10-16(22)5-8-20(26)24-17/h3-8,10-11H,9,12H2,1-2H3,(H,23,27). The van der Waals surface area contributed by atoms with Crippen LogP contribution in [0.25, 0.3) is 5.65 Å². The van der Waals surface area contributed by atoms with E-state index in [1.807, 2.05) is 13.8 Å². The van der Waals surface area contributed by atoms with Crippen molar-refractivity contribution in [2.75, 3.05) is 0 Å². The van der Waals surface area contributed by atoms with E-state index in [4.69, 9.17) is 9.26 Å². The number of halogens is 1. The lowest BCUT2D eigenvalue weighted by molar-refractivity contribution is 0.0950. The Morgan fingerprint density at radius 1 is 1.17 bits per heavy atom. The van der Waals surface area contributed by atoms with Crippen LogP contribution in [-0.4, -0.2) is 20.4 Å². The van der Waals surface area contributed by atoms with Gasteiger partial charge in [0.25, 0.3) is 5.91 Å². The molecule has 0 aliphatic heterocycles. The molecule has 4 rings (SSSR count). The molecule has 148 valence electrons. The van der Waals surface area contributed by atoms with Gasteiger partial charge in [-0.2, -0.15) is 0 Å². The highest BCUT2D eigenvalue weighted by molar-refractivity contribution is 5.94. The van der Waals surface area contributed by atoms with Gasteiger partial charge in [0.15, 0.2) is 0 Å². The van der Waals surface area contributed by atoms with Gasteiger partial charge in [-0.15, -0.1) is 0 Å². The maximum atomic E-state index is 13.3. The lowest BCUT2D eigenvalue weighted by atomic mass is 10.2. The van der Waals surface area contributed by atoms with Crippen molar-refractivity contribution in [3.63, 3.8) is 0 Å². The van der Waals surface area contributed by atoms with Crippen LogP contribution in [0.4, 0.5) is 4.39 Å². The second kappa shape index (κ2) is 7.75. The summed E-state index contributed by atoms with van der Waals surface area (Å²) in [6.45, 7) is 4.29. The number of aryl methyl sites for hydroxylation is 2. The number of carbonyl (C=O) groups is 1. The van der Waals surface area contributed by atoms with E-state index in [2.05, 4.69) is 15.5 Å². The van der Waals surface area contributed by atoms with E-state index < -0.39 is 0 Å². The number of nitrogens with zero attached hydrogens (tertiary/aromatic N) is 3. The Hall–Kier alpha value is -3.68. The molecule has 4 aromatic rings. The largest absolute Gasteiger partial charge is 0.489 e. The molecule has 3 heterocycles. The summed E-state index contributed by atoms with van der Waals surface area (Å²) in [4.78, 5) is 16.7. The van der Waals surface area contributed by atoms with Gasteiger partial charge in [0, 0.05) is 18.0 Å². The third-order valence-corrected chi connectivity index (χ3v) is 4.58. The number of hydrogen-bond acceptors (Lipinski definition) is 5. The van der Waals surface area contributed by atoms with Crippen LogP contribution in [0.5, 0.6) is 5.75 Å². The molecule has 0 fully saturated rings. The Labute approximate surface area is 166 Å². The number of pyridine rings is 1. The second-order valence-electron chi connectivity index (χ2n) is 6.64. The minimum Gasteiger partial charge on any atom is -0.489 e. The molecule has 0 aliphatic rings. The monoisotopic (exact) mass is 394 g/mol. The molecule has 0 radical (unpaired) electrons. The first-order valence-corrected chi connectivity index (χ1v) is 9.05. The topological polar surface area (TPSA) is 81.7 Å². The van der Waals surface area contributed by atoms with Gasteiger partial charge in [-0.3, -0.25) is 4.79 Å². The van der Waals surface area contributed by atoms with E-state index >= 15 is 0 Å². The van der Waals surface area contributed by atoms with Crippen molar-refractivity contribution in [3.8, 4) is 5.75 Å². The van der Waals surface area contributed by atoms with Gasteiger partial charge in [0.05, 0.1) is 23.5 Å². The molecule has 29 heavy (non-hydrogen) atoms. The minimum atomic E-state index is -0.345. The predicted molar refractivity (Wildman–Crippen MR) is 103 cm³/mol. The smallest absolute Gasteiger partial charge is 0.251 e. The summed E-state index contributed by atoms with van der Waals surface area (Å²) in [5.74, 6) is 0.796. The van der Waals surface area contributed by atoms with E-state index in [0.29, 0.717) is 29.3 Å². The van der Waals surface area contributed by atoms with Crippen molar-refractivity contribution >= 4 is 11.6 Å². The molecule has 0 spiro atoms. The molecular formula is C21H19FN4O3. The molecule has 1 aromatic carbocycles. The summed E-state index contributed by atoms with van der Waals surface area (Å²) in [7, 11) is 0. The Bertz CT molecular complexity index is 1150. The van der Waals surface area contributed by atoms with E-state index in [1.165, 1.54) is 12.3 Å². The number of nitrogens with one attached hydrogen (secondary N) is 1. The molecule has 7 nitrogen and oxygen atoms in total. The van der Waals surface area contributed by atoms with Crippen LogP contribution in [0, 0.1) is 19.7 Å². The van der Waals surface area contributed by atoms with Crippen LogP contribution in [0.2, 0.25) is 0 Å². The average molecular weight is 394 g/mol. The Balaban J connectivity index is 1.35. The number of imidazole rings is 1. The fraction of sp³-hybridized carbons (Fsp3) is 0.190. The first-order chi connectivity index (χ1) is 14.0. The second-order valence-corrected chi connectivity index (χ2v) is 6.64. The van der Waals surface area contributed by atoms with Crippen molar-refractivity contribution < 1.29 is 18.4 Å². The predicted octanol–water partition coefficient (Wildman–Crippen LogP) is 3.59. The van der Waals surface area contributed by atoms with Crippen LogP contribution < -0.4 is 10.1 Å². The van der Waals surface area contributed by atoms with Crippen LogP contribution >= 0.6 is 0 Å². The Kier molecular flexibility index (Phi) is 4.99. The third kappa shape index (κ3) is 4.11. The maximum absolute atomic E-state index is 13.3. The summed E-state index contributed by atoms with van der Waals surface area (Å²) in [5.41, 5.74) is 3.48. The molecule has 0 saturated carbocycles. The third-order valence-electron chi connectivity index (χ3n) is 4.58. The number of rotatable bonds is 6. The summed E-state index contributed by atoms with van der Waals surface area (Å²) in [6.07, 6.45) is 3.03. The van der Waals surface area contributed by atoms with Crippen LogP contribution in [0.1, 0.15) is 33.1 Å². The van der Waals surface area contributed by atoms with E-state index in [1.54, 1.807) is 40.9 Å². The van der Waals surface area contributed by atoms with Gasteiger partial charge >= 0.3 is 0 Å². The van der Waals surface area contributed by atoms with E-state index in [0.717, 1.165) is 17.0 Å². The first-order valence-electron chi connectivity index (χ1n) is 9.05. The van der Waals surface area contributed by atoms with Gasteiger partial charge in [0.1, 0.15) is 29.6 Å². The van der Waals surface area contributed by atoms with E-state index in [9.17, 15) is 9.18 Å². The van der Waals surface area contributed by atoms with Gasteiger partial charge < -0.3 is 19.0 Å². The number of ether oxygens (including phenoxy) is 1. The zero-order valence-electron chi connectivity index (χ0n) is 16.0. The molecule has 0 saturated heterocycles. The fourth-order valence-corrected chi connectivity index (χ4v) is 2.94. The van der Waals surface area contributed by atoms with Crippen LogP contribution in [-0.2, 0) is 13.2 Å². The summed E-state index contributed by atoms with van der Waals surface area (Å²) in [5, 5.41) is 6.71. The van der Waals surface area contributed by atoms with Crippen LogP contribution in [0.15, 0.2) is 53.3 Å². The van der Waals surface area contributed by atoms with Crippen molar-refractivity contribution in [3.05, 3.63) is 82.9 Å². The Morgan fingerprint density at radius 2 is 1.97 bits per heavy atom. The highest BCUT2D eigenvalue weighted by Crippen LogP contribution is 2.18. The number of fused-ring (bicyclic) bond motifs is 1. The molecule has 0 bridgehead atoms. The van der Waals surface area contributed by atoms with Gasteiger partial charge in [0.2, 0.25) is 0 Å². The lowest BCUT2D eigenvalue weighted by Crippen LogP contribution is -2.22. The lowest BCUT2D eigenvalue weighted by Gasteiger charge is -2.07. The quantitative estimate of drug-likeness (QED) is 0.541. The summed E-state index contributed by atoms with van der Waals surface area (Å²) in [6, 6.07) is 9.79. The van der Waals surface area contributed by atoms with Crippen molar-refractivity contribution in [2.45, 2.75) is 27.0 Å². The maximum Gasteiger partial charge on any atom is 0.251 e. The minimum absolute atomic E-state index is 0.231. The molecule has 1 amide bonds. The zero-order chi connectivity index (χ0) is 20.4. The molecule has 0 aliphatic carbocycles. The molecule has 3 aromatic heterocycles. The van der Waals surface area contributed by atoms with E-state index in [-0.39, 0.29) is 18.3 Å². The number of carbonyl (C=O) groups excluding carboxylic acids is 1. The van der Waals surface area contributed by atoms with Gasteiger partial charge in [-0.1, -0.05) is 5.16 Å². The van der Waals surface area contributed by atoms with Crippen molar-refractivity contribution in [1.29, 1.82) is 0 Å². The van der Waals surface area contributed by atoms with Crippen LogP contribution in [0.3, 0.4) is 0 Å². The highest BCUT2D eigenvalue weighted by Gasteiger charge is 2.11. The average Bonchev–Trinajstić information content (AvgIpc) is 3.27. The number of aromatic nitrogens is 3. The fourth-order valence-electron chi connectivity index (χ4n) is 2.94. The number of amides is 1. The van der Waals surface area contributed by atoms with Gasteiger partial charge in [-0.05, 0) is 50.2 Å².